The summed E-state index contributed by atoms with van der Waals surface area (Å²) < 4.78 is 0. The zero-order chi connectivity index (χ0) is 14.7. The molecule has 1 aliphatic heterocycles. The summed E-state index contributed by atoms with van der Waals surface area (Å²) in [5, 5.41) is 9.77. The van der Waals surface area contributed by atoms with Gasteiger partial charge < -0.3 is 4.90 Å². The first-order valence-corrected chi connectivity index (χ1v) is 8.99. The van der Waals surface area contributed by atoms with Gasteiger partial charge in [0.15, 0.2) is 0 Å². The molecule has 0 aromatic rings. The second-order valence-electron chi connectivity index (χ2n) is 7.36. The molecule has 0 bridgehead atoms. The van der Waals surface area contributed by atoms with Crippen molar-refractivity contribution < 1.29 is 4.79 Å². The van der Waals surface area contributed by atoms with E-state index in [0.717, 1.165) is 45.1 Å². The normalized spacial score (nSPS) is 32.6. The second kappa shape index (κ2) is 6.38. The van der Waals surface area contributed by atoms with E-state index in [1.165, 1.54) is 38.5 Å². The van der Waals surface area contributed by atoms with Crippen molar-refractivity contribution in [2.75, 3.05) is 6.54 Å². The van der Waals surface area contributed by atoms with Gasteiger partial charge >= 0.3 is 0 Å². The van der Waals surface area contributed by atoms with Crippen LogP contribution in [0.3, 0.4) is 0 Å². The van der Waals surface area contributed by atoms with E-state index in [-0.39, 0.29) is 5.91 Å². The van der Waals surface area contributed by atoms with Crippen molar-refractivity contribution in [3.8, 4) is 6.07 Å². The van der Waals surface area contributed by atoms with Gasteiger partial charge in [-0.15, -0.1) is 0 Å². The van der Waals surface area contributed by atoms with Crippen molar-refractivity contribution >= 4 is 5.91 Å². The van der Waals surface area contributed by atoms with Crippen molar-refractivity contribution in [1.82, 2.24) is 4.90 Å². The molecule has 0 aromatic heterocycles. The number of fused-ring (bicyclic) bond motifs is 1. The third-order valence-corrected chi connectivity index (χ3v) is 6.08. The van der Waals surface area contributed by atoms with E-state index < -0.39 is 5.41 Å². The molecule has 2 atom stereocenters. The lowest BCUT2D eigenvalue weighted by atomic mass is 9.75. The van der Waals surface area contributed by atoms with Crippen molar-refractivity contribution in [3.63, 3.8) is 0 Å². The molecule has 0 spiro atoms. The maximum Gasteiger partial charge on any atom is 0.243 e. The van der Waals surface area contributed by atoms with Crippen LogP contribution < -0.4 is 0 Å². The smallest absolute Gasteiger partial charge is 0.243 e. The Bertz CT molecular complexity index is 415. The number of hydrogen-bond donors (Lipinski definition) is 0. The van der Waals surface area contributed by atoms with Gasteiger partial charge in [0.1, 0.15) is 5.41 Å². The van der Waals surface area contributed by atoms with Gasteiger partial charge in [-0.2, -0.15) is 5.26 Å². The maximum absolute atomic E-state index is 13.2. The van der Waals surface area contributed by atoms with Crippen LogP contribution >= 0.6 is 0 Å². The number of carbonyl (C=O) groups is 1. The average Bonchev–Trinajstić information content (AvgIpc) is 2.80. The van der Waals surface area contributed by atoms with Gasteiger partial charge in [0.05, 0.1) is 6.07 Å². The van der Waals surface area contributed by atoms with E-state index in [0.29, 0.717) is 12.0 Å². The zero-order valence-electron chi connectivity index (χ0n) is 13.1. The van der Waals surface area contributed by atoms with E-state index in [9.17, 15) is 10.1 Å². The summed E-state index contributed by atoms with van der Waals surface area (Å²) in [5.74, 6) is 0.890. The monoisotopic (exact) mass is 288 g/mol. The predicted octanol–water partition coefficient (Wildman–Crippen LogP) is 4.03. The number of amides is 1. The molecule has 0 N–H and O–H groups in total. The van der Waals surface area contributed by atoms with Gasteiger partial charge in [-0.3, -0.25) is 4.79 Å². The van der Waals surface area contributed by atoms with Crippen molar-refractivity contribution in [3.05, 3.63) is 0 Å². The molecular formula is C18H28N2O. The standard InChI is InChI=1S/C18H28N2O/c19-14-18(11-5-1-2-6-12-18)17(21)20-13-7-9-15-8-3-4-10-16(15)20/h15-16H,1-13H2. The van der Waals surface area contributed by atoms with Gasteiger partial charge in [0.2, 0.25) is 5.91 Å². The van der Waals surface area contributed by atoms with E-state index in [1.54, 1.807) is 0 Å². The lowest BCUT2D eigenvalue weighted by Crippen LogP contribution is -2.54. The van der Waals surface area contributed by atoms with Gasteiger partial charge in [0, 0.05) is 12.6 Å². The summed E-state index contributed by atoms with van der Waals surface area (Å²) in [7, 11) is 0. The first kappa shape index (κ1) is 14.9. The third kappa shape index (κ3) is 2.82. The minimum atomic E-state index is -0.699. The fraction of sp³-hybridized carbons (Fsp3) is 0.889. The van der Waals surface area contributed by atoms with Crippen molar-refractivity contribution in [2.24, 2.45) is 11.3 Å². The molecule has 3 fully saturated rings. The van der Waals surface area contributed by atoms with Gasteiger partial charge in [-0.1, -0.05) is 38.5 Å². The first-order chi connectivity index (χ1) is 10.3. The van der Waals surface area contributed by atoms with Crippen LogP contribution in [-0.4, -0.2) is 23.4 Å². The molecule has 2 saturated carbocycles. The Morgan fingerprint density at radius 1 is 0.952 bits per heavy atom. The molecule has 2 aliphatic carbocycles. The summed E-state index contributed by atoms with van der Waals surface area (Å²) in [6, 6.07) is 2.90. The maximum atomic E-state index is 13.2. The van der Waals surface area contributed by atoms with Crippen LogP contribution in [-0.2, 0) is 4.79 Å². The molecule has 3 rings (SSSR count). The molecule has 0 aromatic carbocycles. The van der Waals surface area contributed by atoms with Gasteiger partial charge in [0.25, 0.3) is 0 Å². The fourth-order valence-electron chi connectivity index (χ4n) is 4.86. The molecule has 1 heterocycles. The predicted molar refractivity (Wildman–Crippen MR) is 82.4 cm³/mol. The topological polar surface area (TPSA) is 44.1 Å². The molecule has 0 radical (unpaired) electrons. The van der Waals surface area contributed by atoms with E-state index in [4.69, 9.17) is 0 Å². The van der Waals surface area contributed by atoms with Crippen LogP contribution in [0, 0.1) is 22.7 Å². The molecule has 2 unspecified atom stereocenters. The molecule has 1 amide bonds. The molecule has 1 saturated heterocycles. The fourth-order valence-corrected chi connectivity index (χ4v) is 4.86. The highest BCUT2D eigenvalue weighted by atomic mass is 16.2. The number of likely N-dealkylation sites (tertiary alicyclic amines) is 1. The van der Waals surface area contributed by atoms with Crippen LogP contribution in [0.2, 0.25) is 0 Å². The van der Waals surface area contributed by atoms with Crippen LogP contribution in [0.15, 0.2) is 0 Å². The average molecular weight is 288 g/mol. The minimum Gasteiger partial charge on any atom is -0.338 e. The van der Waals surface area contributed by atoms with E-state index in [1.807, 2.05) is 0 Å². The number of carbonyl (C=O) groups excluding carboxylic acids is 1. The van der Waals surface area contributed by atoms with Crippen molar-refractivity contribution in [2.45, 2.75) is 83.1 Å². The molecule has 3 aliphatic rings. The lowest BCUT2D eigenvalue weighted by molar-refractivity contribution is -0.146. The number of rotatable bonds is 1. The number of piperidine rings is 1. The molecule has 21 heavy (non-hydrogen) atoms. The number of nitriles is 1. The first-order valence-electron chi connectivity index (χ1n) is 8.99. The highest BCUT2D eigenvalue weighted by molar-refractivity contribution is 5.86. The Morgan fingerprint density at radius 3 is 2.33 bits per heavy atom. The largest absolute Gasteiger partial charge is 0.338 e. The highest BCUT2D eigenvalue weighted by Gasteiger charge is 2.45. The van der Waals surface area contributed by atoms with Gasteiger partial charge in [-0.25, -0.2) is 0 Å². The third-order valence-electron chi connectivity index (χ3n) is 6.08. The highest BCUT2D eigenvalue weighted by Crippen LogP contribution is 2.41. The molecule has 116 valence electrons. The van der Waals surface area contributed by atoms with Crippen LogP contribution in [0.5, 0.6) is 0 Å². The van der Waals surface area contributed by atoms with Crippen molar-refractivity contribution in [1.29, 1.82) is 5.26 Å². The number of hydrogen-bond acceptors (Lipinski definition) is 2. The number of nitrogens with zero attached hydrogens (tertiary/aromatic N) is 2. The Kier molecular flexibility index (Phi) is 4.52. The Balaban J connectivity index is 1.80. The Hall–Kier alpha value is -1.04. The quantitative estimate of drug-likeness (QED) is 0.684. The summed E-state index contributed by atoms with van der Waals surface area (Å²) in [4.78, 5) is 15.4. The van der Waals surface area contributed by atoms with E-state index in [2.05, 4.69) is 11.0 Å². The Morgan fingerprint density at radius 2 is 1.62 bits per heavy atom. The molecule has 3 heteroatoms. The van der Waals surface area contributed by atoms with Crippen LogP contribution in [0.25, 0.3) is 0 Å². The van der Waals surface area contributed by atoms with Crippen LogP contribution in [0.1, 0.15) is 77.0 Å². The Labute approximate surface area is 128 Å². The minimum absolute atomic E-state index is 0.184. The summed E-state index contributed by atoms with van der Waals surface area (Å²) in [5.41, 5.74) is -0.699. The zero-order valence-corrected chi connectivity index (χ0v) is 13.1. The van der Waals surface area contributed by atoms with E-state index >= 15 is 0 Å². The molecule has 3 nitrogen and oxygen atoms in total. The summed E-state index contributed by atoms with van der Waals surface area (Å²) in [6.07, 6.45) is 13.5. The summed E-state index contributed by atoms with van der Waals surface area (Å²) >= 11 is 0. The molecular weight excluding hydrogens is 260 g/mol. The van der Waals surface area contributed by atoms with Gasteiger partial charge in [-0.05, 0) is 44.4 Å². The SMILES string of the molecule is N#CC1(C(=O)N2CCCC3CCCCC32)CCCCCC1. The van der Waals surface area contributed by atoms with Crippen LogP contribution in [0.4, 0.5) is 0 Å². The lowest BCUT2D eigenvalue weighted by Gasteiger charge is -2.46. The summed E-state index contributed by atoms with van der Waals surface area (Å²) in [6.45, 7) is 0.892. The second-order valence-corrected chi connectivity index (χ2v) is 7.36.